The molecule has 0 atom stereocenters. The molecule has 0 amide bonds. The predicted molar refractivity (Wildman–Crippen MR) is 75.0 cm³/mol. The van der Waals surface area contributed by atoms with Crippen molar-refractivity contribution < 1.29 is 8.78 Å². The topological polar surface area (TPSA) is 0 Å². The van der Waals surface area contributed by atoms with E-state index in [1.54, 1.807) is 0 Å². The Balaban J connectivity index is 3.01. The van der Waals surface area contributed by atoms with Gasteiger partial charge >= 0.3 is 0 Å². The highest BCUT2D eigenvalue weighted by molar-refractivity contribution is 9.09. The minimum atomic E-state index is -0.452. The second-order valence-electron chi connectivity index (χ2n) is 4.39. The summed E-state index contributed by atoms with van der Waals surface area (Å²) in [6, 6.07) is 4.03. The van der Waals surface area contributed by atoms with Crippen LogP contribution >= 0.6 is 31.9 Å². The molecule has 1 aromatic rings. The van der Waals surface area contributed by atoms with Crippen LogP contribution in [0.1, 0.15) is 25.3 Å². The van der Waals surface area contributed by atoms with Crippen LogP contribution in [0.3, 0.4) is 0 Å². The number of rotatable bonds is 6. The molecule has 0 spiro atoms. The van der Waals surface area contributed by atoms with Crippen molar-refractivity contribution in [2.45, 2.75) is 26.2 Å². The maximum Gasteiger partial charge on any atom is 0.129 e. The van der Waals surface area contributed by atoms with Gasteiger partial charge in [-0.3, -0.25) is 0 Å². The molecule has 0 radical (unpaired) electrons. The third kappa shape index (κ3) is 3.75. The molecule has 0 heterocycles. The highest BCUT2D eigenvalue weighted by atomic mass is 79.9. The first-order valence-electron chi connectivity index (χ1n) is 5.63. The Bertz CT molecular complexity index is 342. The molecule has 0 saturated carbocycles. The van der Waals surface area contributed by atoms with E-state index < -0.39 is 11.6 Å². The SMILES string of the molecule is CCCC(CBr)(CBr)Cc1c(F)cccc1F. The van der Waals surface area contributed by atoms with E-state index in [2.05, 4.69) is 38.8 Å². The maximum atomic E-state index is 13.6. The van der Waals surface area contributed by atoms with Crippen molar-refractivity contribution in [2.75, 3.05) is 10.7 Å². The van der Waals surface area contributed by atoms with Gasteiger partial charge < -0.3 is 0 Å². The molecule has 0 nitrogen and oxygen atoms in total. The van der Waals surface area contributed by atoms with Gasteiger partial charge in [0, 0.05) is 16.2 Å². The molecule has 0 aliphatic heterocycles. The van der Waals surface area contributed by atoms with Crippen molar-refractivity contribution in [1.29, 1.82) is 0 Å². The Kier molecular flexibility index (Phi) is 6.07. The van der Waals surface area contributed by atoms with Crippen LogP contribution in [0, 0.1) is 17.0 Å². The Morgan fingerprint density at radius 1 is 1.12 bits per heavy atom. The Labute approximate surface area is 118 Å². The lowest BCUT2D eigenvalue weighted by molar-refractivity contribution is 0.340. The van der Waals surface area contributed by atoms with Crippen molar-refractivity contribution in [3.63, 3.8) is 0 Å². The predicted octanol–water partition coefficient (Wildman–Crippen LogP) is 5.08. The van der Waals surface area contributed by atoms with E-state index in [1.165, 1.54) is 18.2 Å². The van der Waals surface area contributed by atoms with Crippen LogP contribution in [0.25, 0.3) is 0 Å². The van der Waals surface area contributed by atoms with Gasteiger partial charge in [-0.25, -0.2) is 8.78 Å². The third-order valence-electron chi connectivity index (χ3n) is 2.96. The standard InChI is InChI=1S/C13H16Br2F2/c1-2-6-13(8-14,9-15)7-10-11(16)4-3-5-12(10)17/h3-5H,2,6-9H2,1H3. The normalized spacial score (nSPS) is 11.8. The Hall–Kier alpha value is 0.0400. The molecule has 1 aromatic carbocycles. The van der Waals surface area contributed by atoms with E-state index in [9.17, 15) is 8.78 Å². The summed E-state index contributed by atoms with van der Waals surface area (Å²) >= 11 is 6.93. The molecule has 0 unspecified atom stereocenters. The highest BCUT2D eigenvalue weighted by Crippen LogP contribution is 2.34. The molecule has 1 rings (SSSR count). The van der Waals surface area contributed by atoms with Gasteiger partial charge in [0.15, 0.2) is 0 Å². The van der Waals surface area contributed by atoms with Crippen molar-refractivity contribution in [3.05, 3.63) is 35.4 Å². The number of hydrogen-bond donors (Lipinski definition) is 0. The minimum Gasteiger partial charge on any atom is -0.207 e. The summed E-state index contributed by atoms with van der Waals surface area (Å²) in [6.07, 6.45) is 2.33. The van der Waals surface area contributed by atoms with Gasteiger partial charge in [0.05, 0.1) is 0 Å². The first kappa shape index (κ1) is 15.1. The molecule has 0 aliphatic carbocycles. The van der Waals surface area contributed by atoms with Gasteiger partial charge in [0.1, 0.15) is 11.6 Å². The van der Waals surface area contributed by atoms with Crippen molar-refractivity contribution >= 4 is 31.9 Å². The van der Waals surface area contributed by atoms with Crippen LogP contribution in [0.2, 0.25) is 0 Å². The van der Waals surface area contributed by atoms with E-state index in [0.29, 0.717) is 6.42 Å². The molecule has 0 saturated heterocycles. The summed E-state index contributed by atoms with van der Waals surface area (Å²) in [5.41, 5.74) is 0.0671. The fraction of sp³-hybridized carbons (Fsp3) is 0.538. The van der Waals surface area contributed by atoms with Crippen molar-refractivity contribution in [3.8, 4) is 0 Å². The molecular weight excluding hydrogens is 354 g/mol. The maximum absolute atomic E-state index is 13.6. The third-order valence-corrected chi connectivity index (χ3v) is 5.34. The van der Waals surface area contributed by atoms with Crippen LogP contribution in [-0.2, 0) is 6.42 Å². The lowest BCUT2D eigenvalue weighted by atomic mass is 9.81. The second kappa shape index (κ2) is 6.83. The number of benzene rings is 1. The molecule has 0 bridgehead atoms. The summed E-state index contributed by atoms with van der Waals surface area (Å²) in [6.45, 7) is 2.08. The lowest BCUT2D eigenvalue weighted by Crippen LogP contribution is -2.28. The highest BCUT2D eigenvalue weighted by Gasteiger charge is 2.29. The number of hydrogen-bond acceptors (Lipinski definition) is 0. The van der Waals surface area contributed by atoms with Gasteiger partial charge in [0.25, 0.3) is 0 Å². The largest absolute Gasteiger partial charge is 0.207 e. The van der Waals surface area contributed by atoms with Crippen molar-refractivity contribution in [1.82, 2.24) is 0 Å². The summed E-state index contributed by atoms with van der Waals surface area (Å²) < 4.78 is 27.2. The summed E-state index contributed by atoms with van der Waals surface area (Å²) in [4.78, 5) is 0. The van der Waals surface area contributed by atoms with E-state index in [4.69, 9.17) is 0 Å². The van der Waals surface area contributed by atoms with Gasteiger partial charge in [0.2, 0.25) is 0 Å². The molecule has 17 heavy (non-hydrogen) atoms. The fourth-order valence-electron chi connectivity index (χ4n) is 1.96. The average Bonchev–Trinajstić information content (AvgIpc) is 2.33. The fourth-order valence-corrected chi connectivity index (χ4v) is 3.84. The molecular formula is C13H16Br2F2. The zero-order chi connectivity index (χ0) is 12.9. The molecule has 4 heteroatoms. The quantitative estimate of drug-likeness (QED) is 0.613. The van der Waals surface area contributed by atoms with Crippen molar-refractivity contribution in [2.24, 2.45) is 5.41 Å². The Morgan fingerprint density at radius 3 is 2.06 bits per heavy atom. The van der Waals surface area contributed by atoms with Gasteiger partial charge in [-0.05, 0) is 30.4 Å². The van der Waals surface area contributed by atoms with E-state index in [0.717, 1.165) is 23.5 Å². The van der Waals surface area contributed by atoms with Crippen LogP contribution in [0.5, 0.6) is 0 Å². The molecule has 0 fully saturated rings. The van der Waals surface area contributed by atoms with Gasteiger partial charge in [-0.2, -0.15) is 0 Å². The van der Waals surface area contributed by atoms with Crippen LogP contribution in [0.15, 0.2) is 18.2 Å². The lowest BCUT2D eigenvalue weighted by Gasteiger charge is -2.30. The van der Waals surface area contributed by atoms with E-state index >= 15 is 0 Å². The molecule has 0 N–H and O–H groups in total. The molecule has 0 aliphatic rings. The minimum absolute atomic E-state index is 0.127. The van der Waals surface area contributed by atoms with Crippen LogP contribution in [0.4, 0.5) is 8.78 Å². The average molecular weight is 370 g/mol. The van der Waals surface area contributed by atoms with Crippen LogP contribution < -0.4 is 0 Å². The first-order chi connectivity index (χ1) is 8.08. The van der Waals surface area contributed by atoms with E-state index in [1.807, 2.05) is 0 Å². The molecule has 0 aromatic heterocycles. The van der Waals surface area contributed by atoms with Gasteiger partial charge in [-0.1, -0.05) is 51.3 Å². The number of halogens is 4. The summed E-state index contributed by atoms with van der Waals surface area (Å²) in [7, 11) is 0. The zero-order valence-corrected chi connectivity index (χ0v) is 13.0. The summed E-state index contributed by atoms with van der Waals surface area (Å²) in [5.74, 6) is -0.903. The number of alkyl halides is 2. The molecule has 96 valence electrons. The second-order valence-corrected chi connectivity index (χ2v) is 5.52. The monoisotopic (exact) mass is 368 g/mol. The van der Waals surface area contributed by atoms with Crippen LogP contribution in [-0.4, -0.2) is 10.7 Å². The van der Waals surface area contributed by atoms with Gasteiger partial charge in [-0.15, -0.1) is 0 Å². The smallest absolute Gasteiger partial charge is 0.129 e. The Morgan fingerprint density at radius 2 is 1.65 bits per heavy atom. The van der Waals surface area contributed by atoms with E-state index in [-0.39, 0.29) is 11.0 Å². The zero-order valence-electron chi connectivity index (χ0n) is 9.78. The summed E-state index contributed by atoms with van der Waals surface area (Å²) in [5, 5.41) is 1.46. The first-order valence-corrected chi connectivity index (χ1v) is 7.87.